The Balaban J connectivity index is 1.50. The van der Waals surface area contributed by atoms with E-state index in [4.69, 9.17) is 4.74 Å². The molecule has 0 saturated heterocycles. The van der Waals surface area contributed by atoms with Gasteiger partial charge in [-0.3, -0.25) is 9.78 Å². The van der Waals surface area contributed by atoms with Crippen molar-refractivity contribution >= 4 is 16.8 Å². The summed E-state index contributed by atoms with van der Waals surface area (Å²) in [7, 11) is 0. The van der Waals surface area contributed by atoms with Gasteiger partial charge in [0.05, 0.1) is 5.52 Å². The summed E-state index contributed by atoms with van der Waals surface area (Å²) in [4.78, 5) is 16.8. The van der Waals surface area contributed by atoms with Crippen LogP contribution >= 0.6 is 0 Å². The number of pyridine rings is 1. The first-order valence-electron chi connectivity index (χ1n) is 8.83. The van der Waals surface area contributed by atoms with E-state index in [1.54, 1.807) is 48.7 Å². The zero-order valence-electron chi connectivity index (χ0n) is 14.9. The molecule has 1 aromatic heterocycles. The van der Waals surface area contributed by atoms with Gasteiger partial charge in [-0.25, -0.2) is 4.39 Å². The molecule has 3 aromatic carbocycles. The molecule has 4 rings (SSSR count). The van der Waals surface area contributed by atoms with Crippen LogP contribution in [-0.4, -0.2) is 10.9 Å². The van der Waals surface area contributed by atoms with E-state index in [1.165, 1.54) is 12.1 Å². The summed E-state index contributed by atoms with van der Waals surface area (Å²) in [5, 5.41) is 3.69. The highest BCUT2D eigenvalue weighted by Crippen LogP contribution is 2.28. The number of amides is 1. The van der Waals surface area contributed by atoms with E-state index >= 15 is 0 Å². The molecule has 0 atom stereocenters. The molecule has 5 heteroatoms. The second-order valence-electron chi connectivity index (χ2n) is 6.27. The first-order chi connectivity index (χ1) is 13.7. The van der Waals surface area contributed by atoms with E-state index < -0.39 is 0 Å². The van der Waals surface area contributed by atoms with Crippen LogP contribution in [-0.2, 0) is 6.54 Å². The molecule has 1 amide bonds. The minimum atomic E-state index is -0.327. The standard InChI is InChI=1S/C23H17FN2O2/c24-18-7-3-5-16(13-18)15-26-23(27)17-6-4-8-19(14-17)28-22-11-12-25-21-10-2-1-9-20(21)22/h1-14H,15H2,(H,26,27). The van der Waals surface area contributed by atoms with Crippen molar-refractivity contribution in [2.45, 2.75) is 6.54 Å². The molecular formula is C23H17FN2O2. The van der Waals surface area contributed by atoms with Crippen LogP contribution in [0.3, 0.4) is 0 Å². The molecule has 0 saturated carbocycles. The Morgan fingerprint density at radius 2 is 1.82 bits per heavy atom. The molecule has 0 aliphatic carbocycles. The molecule has 138 valence electrons. The van der Waals surface area contributed by atoms with Crippen LogP contribution in [0.2, 0.25) is 0 Å². The normalized spacial score (nSPS) is 10.6. The van der Waals surface area contributed by atoms with Crippen LogP contribution in [0.1, 0.15) is 15.9 Å². The molecule has 28 heavy (non-hydrogen) atoms. The van der Waals surface area contributed by atoms with Crippen molar-refractivity contribution in [2.75, 3.05) is 0 Å². The maximum atomic E-state index is 13.3. The van der Waals surface area contributed by atoms with Crippen molar-refractivity contribution in [1.29, 1.82) is 0 Å². The summed E-state index contributed by atoms with van der Waals surface area (Å²) < 4.78 is 19.2. The average molecular weight is 372 g/mol. The van der Waals surface area contributed by atoms with Crippen LogP contribution in [0.5, 0.6) is 11.5 Å². The van der Waals surface area contributed by atoms with Crippen molar-refractivity contribution in [3.05, 3.63) is 102 Å². The first kappa shape index (κ1) is 17.7. The Labute approximate surface area is 161 Å². The number of hydrogen-bond acceptors (Lipinski definition) is 3. The Morgan fingerprint density at radius 1 is 0.964 bits per heavy atom. The quantitative estimate of drug-likeness (QED) is 0.530. The van der Waals surface area contributed by atoms with E-state index in [0.29, 0.717) is 22.6 Å². The highest BCUT2D eigenvalue weighted by molar-refractivity contribution is 5.94. The van der Waals surface area contributed by atoms with E-state index in [-0.39, 0.29) is 18.3 Å². The van der Waals surface area contributed by atoms with Crippen molar-refractivity contribution in [3.63, 3.8) is 0 Å². The first-order valence-corrected chi connectivity index (χ1v) is 8.83. The summed E-state index contributed by atoms with van der Waals surface area (Å²) in [5.74, 6) is 0.638. The number of hydrogen-bond donors (Lipinski definition) is 1. The molecular weight excluding hydrogens is 355 g/mol. The third-order valence-corrected chi connectivity index (χ3v) is 4.28. The van der Waals surface area contributed by atoms with Crippen LogP contribution in [0.15, 0.2) is 85.1 Å². The van der Waals surface area contributed by atoms with Gasteiger partial charge in [0.15, 0.2) is 0 Å². The van der Waals surface area contributed by atoms with E-state index in [2.05, 4.69) is 10.3 Å². The summed E-state index contributed by atoms with van der Waals surface area (Å²) in [6, 6.07) is 22.6. The van der Waals surface area contributed by atoms with Crippen LogP contribution < -0.4 is 10.1 Å². The topological polar surface area (TPSA) is 51.2 Å². The minimum absolute atomic E-state index is 0.247. The zero-order chi connectivity index (χ0) is 19.3. The number of benzene rings is 3. The van der Waals surface area contributed by atoms with Crippen molar-refractivity contribution in [3.8, 4) is 11.5 Å². The molecule has 0 aliphatic rings. The number of halogens is 1. The van der Waals surface area contributed by atoms with Crippen molar-refractivity contribution in [2.24, 2.45) is 0 Å². The predicted octanol–water partition coefficient (Wildman–Crippen LogP) is 5.10. The largest absolute Gasteiger partial charge is 0.457 e. The van der Waals surface area contributed by atoms with Gasteiger partial charge in [-0.15, -0.1) is 0 Å². The maximum Gasteiger partial charge on any atom is 0.251 e. The second kappa shape index (κ2) is 7.88. The van der Waals surface area contributed by atoms with Gasteiger partial charge in [-0.2, -0.15) is 0 Å². The fourth-order valence-corrected chi connectivity index (χ4v) is 2.92. The number of nitrogens with one attached hydrogen (secondary N) is 1. The molecule has 1 heterocycles. The molecule has 1 N–H and O–H groups in total. The number of nitrogens with zero attached hydrogens (tertiary/aromatic N) is 1. The van der Waals surface area contributed by atoms with Gasteiger partial charge in [-0.05, 0) is 54.1 Å². The summed E-state index contributed by atoms with van der Waals surface area (Å²) in [6.07, 6.45) is 1.69. The van der Waals surface area contributed by atoms with Gasteiger partial charge >= 0.3 is 0 Å². The second-order valence-corrected chi connectivity index (χ2v) is 6.27. The number of aromatic nitrogens is 1. The maximum absolute atomic E-state index is 13.3. The van der Waals surface area contributed by atoms with Crippen LogP contribution in [0.4, 0.5) is 4.39 Å². The number of carbonyl (C=O) groups excluding carboxylic acids is 1. The number of ether oxygens (including phenoxy) is 1. The molecule has 0 unspecified atom stereocenters. The zero-order valence-corrected chi connectivity index (χ0v) is 14.9. The fourth-order valence-electron chi connectivity index (χ4n) is 2.92. The molecule has 4 aromatic rings. The number of fused-ring (bicyclic) bond motifs is 1. The van der Waals surface area contributed by atoms with E-state index in [0.717, 1.165) is 10.9 Å². The van der Waals surface area contributed by atoms with E-state index in [1.807, 2.05) is 24.3 Å². The van der Waals surface area contributed by atoms with Gasteiger partial charge in [0.2, 0.25) is 0 Å². The SMILES string of the molecule is O=C(NCc1cccc(F)c1)c1cccc(Oc2ccnc3ccccc23)c1. The number of carbonyl (C=O) groups is 1. The van der Waals surface area contributed by atoms with Gasteiger partial charge in [0.1, 0.15) is 17.3 Å². The van der Waals surface area contributed by atoms with Crippen molar-refractivity contribution < 1.29 is 13.9 Å². The van der Waals surface area contributed by atoms with Gasteiger partial charge in [0.25, 0.3) is 5.91 Å². The Bertz CT molecular complexity index is 1140. The van der Waals surface area contributed by atoms with Gasteiger partial charge in [0, 0.05) is 23.7 Å². The van der Waals surface area contributed by atoms with E-state index in [9.17, 15) is 9.18 Å². The average Bonchev–Trinajstić information content (AvgIpc) is 2.73. The Morgan fingerprint density at radius 3 is 2.71 bits per heavy atom. The third-order valence-electron chi connectivity index (χ3n) is 4.28. The molecule has 0 aliphatic heterocycles. The van der Waals surface area contributed by atoms with Crippen molar-refractivity contribution in [1.82, 2.24) is 10.3 Å². The smallest absolute Gasteiger partial charge is 0.251 e. The van der Waals surface area contributed by atoms with Crippen LogP contribution in [0, 0.1) is 5.82 Å². The lowest BCUT2D eigenvalue weighted by molar-refractivity contribution is 0.0950. The third kappa shape index (κ3) is 3.99. The predicted molar refractivity (Wildman–Crippen MR) is 106 cm³/mol. The van der Waals surface area contributed by atoms with Gasteiger partial charge < -0.3 is 10.1 Å². The minimum Gasteiger partial charge on any atom is -0.457 e. The van der Waals surface area contributed by atoms with Crippen LogP contribution in [0.25, 0.3) is 10.9 Å². The highest BCUT2D eigenvalue weighted by Gasteiger charge is 2.09. The molecule has 0 radical (unpaired) electrons. The lowest BCUT2D eigenvalue weighted by atomic mass is 10.1. The summed E-state index contributed by atoms with van der Waals surface area (Å²) in [6.45, 7) is 0.247. The Hall–Kier alpha value is -3.73. The molecule has 0 bridgehead atoms. The molecule has 0 spiro atoms. The lowest BCUT2D eigenvalue weighted by Gasteiger charge is -2.10. The summed E-state index contributed by atoms with van der Waals surface area (Å²) >= 11 is 0. The molecule has 4 nitrogen and oxygen atoms in total. The fraction of sp³-hybridized carbons (Fsp3) is 0.0435. The number of para-hydroxylation sites is 1. The summed E-state index contributed by atoms with van der Waals surface area (Å²) in [5.41, 5.74) is 2.00. The lowest BCUT2D eigenvalue weighted by Crippen LogP contribution is -2.22. The number of rotatable bonds is 5. The monoisotopic (exact) mass is 372 g/mol. The molecule has 0 fully saturated rings. The Kier molecular flexibility index (Phi) is 4.97. The highest BCUT2D eigenvalue weighted by atomic mass is 19.1. The van der Waals surface area contributed by atoms with Gasteiger partial charge in [-0.1, -0.05) is 30.3 Å².